The summed E-state index contributed by atoms with van der Waals surface area (Å²) in [4.78, 5) is 0. The van der Waals surface area contributed by atoms with Gasteiger partial charge >= 0.3 is 0 Å². The Morgan fingerprint density at radius 3 is 2.41 bits per heavy atom. The maximum atomic E-state index is 5.84. The highest BCUT2D eigenvalue weighted by Crippen LogP contribution is 2.36. The van der Waals surface area contributed by atoms with Crippen LogP contribution in [0.1, 0.15) is 13.8 Å². The molecule has 0 saturated heterocycles. The normalized spacial score (nSPS) is 10.9. The Labute approximate surface area is 131 Å². The maximum Gasteiger partial charge on any atom is 0.132 e. The summed E-state index contributed by atoms with van der Waals surface area (Å²) < 4.78 is 13.6. The topological polar surface area (TPSA) is 23.4 Å². The fourth-order valence-electron chi connectivity index (χ4n) is 2.79. The lowest BCUT2D eigenvalue weighted by Gasteiger charge is -2.13. The minimum absolute atomic E-state index is 0.631. The highest BCUT2D eigenvalue weighted by atomic mass is 16.5. The average molecular weight is 295 g/mol. The largest absolute Gasteiger partial charge is 0.494 e. The number of hydrogen-bond acceptors (Lipinski definition) is 2. The van der Waals surface area contributed by atoms with Crippen molar-refractivity contribution < 1.29 is 9.47 Å². The predicted molar refractivity (Wildman–Crippen MR) is 90.7 cm³/mol. The van der Waals surface area contributed by atoms with E-state index in [4.69, 9.17) is 9.47 Å². The standard InChI is InChI=1S/C19H21NO2/c1-4-21-15-10-11-16(19(13-15)22-5-2)18-12-14-8-6-7-9-17(14)20(18)3/h6-13H,4-5H2,1-3H3. The molecule has 2 aromatic carbocycles. The summed E-state index contributed by atoms with van der Waals surface area (Å²) in [5.74, 6) is 1.70. The third-order valence-corrected chi connectivity index (χ3v) is 3.79. The summed E-state index contributed by atoms with van der Waals surface area (Å²) in [5, 5.41) is 1.23. The van der Waals surface area contributed by atoms with E-state index in [0.29, 0.717) is 13.2 Å². The summed E-state index contributed by atoms with van der Waals surface area (Å²) in [6.45, 7) is 5.27. The fraction of sp³-hybridized carbons (Fsp3) is 0.263. The Bertz CT molecular complexity index is 789. The predicted octanol–water partition coefficient (Wildman–Crippen LogP) is 4.64. The van der Waals surface area contributed by atoms with Gasteiger partial charge in [-0.25, -0.2) is 0 Å². The van der Waals surface area contributed by atoms with E-state index in [-0.39, 0.29) is 0 Å². The molecule has 0 N–H and O–H groups in total. The van der Waals surface area contributed by atoms with E-state index in [0.717, 1.165) is 22.8 Å². The summed E-state index contributed by atoms with van der Waals surface area (Å²) in [6.07, 6.45) is 0. The van der Waals surface area contributed by atoms with Gasteiger partial charge in [-0.3, -0.25) is 0 Å². The number of hydrogen-bond donors (Lipinski definition) is 0. The Balaban J connectivity index is 2.14. The third kappa shape index (κ3) is 2.54. The Morgan fingerprint density at radius 2 is 1.68 bits per heavy atom. The first-order chi connectivity index (χ1) is 10.7. The molecule has 3 rings (SSSR count). The smallest absolute Gasteiger partial charge is 0.132 e. The number of aromatic nitrogens is 1. The van der Waals surface area contributed by atoms with Crippen LogP contribution in [0.3, 0.4) is 0 Å². The molecule has 0 aliphatic rings. The zero-order chi connectivity index (χ0) is 15.5. The van der Waals surface area contributed by atoms with Gasteiger partial charge in [0.1, 0.15) is 11.5 Å². The SMILES string of the molecule is CCOc1ccc(-c2cc3ccccc3n2C)c(OCC)c1. The highest BCUT2D eigenvalue weighted by Gasteiger charge is 2.13. The second-order valence-electron chi connectivity index (χ2n) is 5.17. The van der Waals surface area contributed by atoms with E-state index in [1.165, 1.54) is 10.9 Å². The molecule has 114 valence electrons. The summed E-state index contributed by atoms with van der Waals surface area (Å²) in [5.41, 5.74) is 3.45. The lowest BCUT2D eigenvalue weighted by Crippen LogP contribution is -1.99. The van der Waals surface area contributed by atoms with Crippen LogP contribution < -0.4 is 9.47 Å². The van der Waals surface area contributed by atoms with Crippen LogP contribution in [0.25, 0.3) is 22.2 Å². The van der Waals surface area contributed by atoms with E-state index >= 15 is 0 Å². The zero-order valence-electron chi connectivity index (χ0n) is 13.3. The lowest BCUT2D eigenvalue weighted by molar-refractivity contribution is 0.324. The van der Waals surface area contributed by atoms with Crippen molar-refractivity contribution in [3.8, 4) is 22.8 Å². The van der Waals surface area contributed by atoms with Gasteiger partial charge in [0.05, 0.1) is 18.9 Å². The second-order valence-corrected chi connectivity index (χ2v) is 5.17. The molecule has 1 aromatic heterocycles. The molecule has 3 nitrogen and oxygen atoms in total. The summed E-state index contributed by atoms with van der Waals surface area (Å²) in [6, 6.07) is 16.6. The van der Waals surface area contributed by atoms with Crippen LogP contribution >= 0.6 is 0 Å². The highest BCUT2D eigenvalue weighted by molar-refractivity contribution is 5.88. The van der Waals surface area contributed by atoms with Crippen molar-refractivity contribution in [3.63, 3.8) is 0 Å². The van der Waals surface area contributed by atoms with Crippen molar-refractivity contribution in [1.29, 1.82) is 0 Å². The van der Waals surface area contributed by atoms with Crippen LogP contribution in [0.15, 0.2) is 48.5 Å². The van der Waals surface area contributed by atoms with Crippen molar-refractivity contribution in [2.75, 3.05) is 13.2 Å². The molecule has 0 bridgehead atoms. The van der Waals surface area contributed by atoms with Gasteiger partial charge in [-0.05, 0) is 38.1 Å². The van der Waals surface area contributed by atoms with Gasteiger partial charge in [0.2, 0.25) is 0 Å². The van der Waals surface area contributed by atoms with Gasteiger partial charge in [-0.15, -0.1) is 0 Å². The van der Waals surface area contributed by atoms with Crippen molar-refractivity contribution in [1.82, 2.24) is 4.57 Å². The van der Waals surface area contributed by atoms with E-state index in [1.807, 2.05) is 26.0 Å². The Hall–Kier alpha value is -2.42. The number of nitrogens with zero attached hydrogens (tertiary/aromatic N) is 1. The molecule has 0 radical (unpaired) electrons. The van der Waals surface area contributed by atoms with E-state index in [2.05, 4.69) is 48.0 Å². The summed E-state index contributed by atoms with van der Waals surface area (Å²) >= 11 is 0. The number of para-hydroxylation sites is 1. The molecule has 0 atom stereocenters. The maximum absolute atomic E-state index is 5.84. The average Bonchev–Trinajstić information content (AvgIpc) is 2.86. The number of rotatable bonds is 5. The van der Waals surface area contributed by atoms with Crippen LogP contribution in [0.5, 0.6) is 11.5 Å². The van der Waals surface area contributed by atoms with Crippen LogP contribution in [-0.4, -0.2) is 17.8 Å². The first-order valence-corrected chi connectivity index (χ1v) is 7.69. The van der Waals surface area contributed by atoms with Crippen molar-refractivity contribution >= 4 is 10.9 Å². The van der Waals surface area contributed by atoms with E-state index < -0.39 is 0 Å². The number of benzene rings is 2. The first kappa shape index (κ1) is 14.5. The van der Waals surface area contributed by atoms with Crippen molar-refractivity contribution in [2.24, 2.45) is 7.05 Å². The third-order valence-electron chi connectivity index (χ3n) is 3.79. The molecular weight excluding hydrogens is 274 g/mol. The van der Waals surface area contributed by atoms with Gasteiger partial charge in [-0.1, -0.05) is 18.2 Å². The molecule has 22 heavy (non-hydrogen) atoms. The molecule has 0 amide bonds. The quantitative estimate of drug-likeness (QED) is 0.684. The van der Waals surface area contributed by atoms with Gasteiger partial charge < -0.3 is 14.0 Å². The Morgan fingerprint density at radius 1 is 0.909 bits per heavy atom. The summed E-state index contributed by atoms with van der Waals surface area (Å²) in [7, 11) is 2.09. The molecule has 1 heterocycles. The minimum atomic E-state index is 0.631. The van der Waals surface area contributed by atoms with Crippen molar-refractivity contribution in [2.45, 2.75) is 13.8 Å². The van der Waals surface area contributed by atoms with Crippen LogP contribution in [0.4, 0.5) is 0 Å². The molecule has 3 heteroatoms. The molecule has 0 unspecified atom stereocenters. The fourth-order valence-corrected chi connectivity index (χ4v) is 2.79. The van der Waals surface area contributed by atoms with Gasteiger partial charge in [0.15, 0.2) is 0 Å². The second kappa shape index (κ2) is 6.14. The van der Waals surface area contributed by atoms with Crippen LogP contribution in [-0.2, 0) is 7.05 Å². The zero-order valence-corrected chi connectivity index (χ0v) is 13.3. The molecular formula is C19H21NO2. The molecule has 0 spiro atoms. The molecule has 0 aliphatic heterocycles. The molecule has 3 aromatic rings. The monoisotopic (exact) mass is 295 g/mol. The van der Waals surface area contributed by atoms with Crippen molar-refractivity contribution in [3.05, 3.63) is 48.5 Å². The van der Waals surface area contributed by atoms with E-state index in [9.17, 15) is 0 Å². The van der Waals surface area contributed by atoms with Gasteiger partial charge in [-0.2, -0.15) is 0 Å². The number of fused-ring (bicyclic) bond motifs is 1. The molecule has 0 saturated carbocycles. The lowest BCUT2D eigenvalue weighted by atomic mass is 10.1. The minimum Gasteiger partial charge on any atom is -0.494 e. The van der Waals surface area contributed by atoms with Gasteiger partial charge in [0, 0.05) is 29.6 Å². The molecule has 0 aliphatic carbocycles. The Kier molecular flexibility index (Phi) is 4.05. The number of aryl methyl sites for hydroxylation is 1. The van der Waals surface area contributed by atoms with E-state index in [1.54, 1.807) is 0 Å². The van der Waals surface area contributed by atoms with Crippen LogP contribution in [0.2, 0.25) is 0 Å². The first-order valence-electron chi connectivity index (χ1n) is 7.69. The van der Waals surface area contributed by atoms with Crippen LogP contribution in [0, 0.1) is 0 Å². The molecule has 0 fully saturated rings. The number of ether oxygens (including phenoxy) is 2. The van der Waals surface area contributed by atoms with Gasteiger partial charge in [0.25, 0.3) is 0 Å².